The molecule has 0 bridgehead atoms. The van der Waals surface area contributed by atoms with Crippen molar-refractivity contribution in [2.45, 2.75) is 26.5 Å². The summed E-state index contributed by atoms with van der Waals surface area (Å²) in [5, 5.41) is 11.4. The Kier molecular flexibility index (Phi) is 9.01. The van der Waals surface area contributed by atoms with Crippen molar-refractivity contribution in [2.75, 3.05) is 46.0 Å². The zero-order valence-corrected chi connectivity index (χ0v) is 23.5. The maximum atomic E-state index is 13.4. The van der Waals surface area contributed by atoms with E-state index in [0.29, 0.717) is 56.6 Å². The Morgan fingerprint density at radius 3 is 2.29 bits per heavy atom. The van der Waals surface area contributed by atoms with Crippen LogP contribution < -0.4 is 9.47 Å². The summed E-state index contributed by atoms with van der Waals surface area (Å²) in [4.78, 5) is 30.5. The molecule has 2 aliphatic heterocycles. The van der Waals surface area contributed by atoms with Crippen LogP contribution in [0.25, 0.3) is 5.76 Å². The Labute approximate surface area is 240 Å². The number of hydrogen-bond donors (Lipinski definition) is 1. The standard InChI is InChI=1S/C33H36N2O6/c1-3-40-27-11-7-25(8-12-27)30-29(32(37)33(38)35(30)16-15-34-17-19-39-20-18-34)31(36)26-9-13-28(14-10-26)41-22-24-6-4-5-23(2)21-24/h4-14,21,30,36H,3,15-20,22H2,1-2H3/b31-29+. The van der Waals surface area contributed by atoms with Gasteiger partial charge in [0.05, 0.1) is 31.4 Å². The van der Waals surface area contributed by atoms with Gasteiger partial charge in [0.2, 0.25) is 0 Å². The van der Waals surface area contributed by atoms with Gasteiger partial charge in [0.15, 0.2) is 0 Å². The van der Waals surface area contributed by atoms with Crippen molar-refractivity contribution >= 4 is 17.4 Å². The summed E-state index contributed by atoms with van der Waals surface area (Å²) in [7, 11) is 0. The Morgan fingerprint density at radius 1 is 0.927 bits per heavy atom. The molecule has 1 atom stereocenters. The van der Waals surface area contributed by atoms with E-state index in [9.17, 15) is 14.7 Å². The van der Waals surface area contributed by atoms with Crippen LogP contribution in [0.4, 0.5) is 0 Å². The average Bonchev–Trinajstić information content (AvgIpc) is 3.25. The van der Waals surface area contributed by atoms with Crippen LogP contribution >= 0.6 is 0 Å². The zero-order valence-electron chi connectivity index (χ0n) is 23.5. The number of aliphatic hydroxyl groups is 1. The monoisotopic (exact) mass is 556 g/mol. The fourth-order valence-electron chi connectivity index (χ4n) is 5.28. The number of ketones is 1. The molecule has 1 unspecified atom stereocenters. The van der Waals surface area contributed by atoms with E-state index < -0.39 is 17.7 Å². The first-order valence-electron chi connectivity index (χ1n) is 14.0. The molecule has 5 rings (SSSR count). The number of rotatable bonds is 10. The van der Waals surface area contributed by atoms with Crippen molar-refractivity contribution in [1.29, 1.82) is 0 Å². The molecule has 2 fully saturated rings. The summed E-state index contributed by atoms with van der Waals surface area (Å²) in [5.41, 5.74) is 3.47. The third-order valence-corrected chi connectivity index (χ3v) is 7.42. The van der Waals surface area contributed by atoms with Gasteiger partial charge in [-0.15, -0.1) is 0 Å². The fraction of sp³-hybridized carbons (Fsp3) is 0.333. The number of benzene rings is 3. The van der Waals surface area contributed by atoms with E-state index in [0.717, 1.165) is 29.8 Å². The molecule has 214 valence electrons. The normalized spacial score (nSPS) is 19.0. The van der Waals surface area contributed by atoms with Gasteiger partial charge < -0.3 is 24.2 Å². The first kappa shape index (κ1) is 28.4. The molecular weight excluding hydrogens is 520 g/mol. The van der Waals surface area contributed by atoms with Crippen LogP contribution in [0.2, 0.25) is 0 Å². The minimum Gasteiger partial charge on any atom is -0.507 e. The Balaban J connectivity index is 1.41. The molecule has 1 amide bonds. The van der Waals surface area contributed by atoms with E-state index in [4.69, 9.17) is 14.2 Å². The molecule has 0 radical (unpaired) electrons. The first-order valence-corrected chi connectivity index (χ1v) is 14.0. The van der Waals surface area contributed by atoms with Gasteiger partial charge in [0.1, 0.15) is 23.9 Å². The molecule has 3 aromatic rings. The van der Waals surface area contributed by atoms with Crippen molar-refractivity contribution < 1.29 is 28.9 Å². The van der Waals surface area contributed by atoms with Crippen molar-refractivity contribution in [3.05, 3.63) is 101 Å². The van der Waals surface area contributed by atoms with Crippen molar-refractivity contribution in [3.8, 4) is 11.5 Å². The maximum Gasteiger partial charge on any atom is 0.295 e. The summed E-state index contributed by atoms with van der Waals surface area (Å²) in [5.74, 6) is -0.180. The number of carbonyl (C=O) groups excluding carboxylic acids is 2. The third-order valence-electron chi connectivity index (χ3n) is 7.42. The zero-order chi connectivity index (χ0) is 28.8. The minimum atomic E-state index is -0.719. The van der Waals surface area contributed by atoms with Crippen molar-refractivity contribution in [2.24, 2.45) is 0 Å². The van der Waals surface area contributed by atoms with Crippen LogP contribution in [0.3, 0.4) is 0 Å². The largest absolute Gasteiger partial charge is 0.507 e. The van der Waals surface area contributed by atoms with Crippen molar-refractivity contribution in [1.82, 2.24) is 9.80 Å². The summed E-state index contributed by atoms with van der Waals surface area (Å²) in [6, 6.07) is 21.6. The number of hydrogen-bond acceptors (Lipinski definition) is 7. The van der Waals surface area contributed by atoms with Crippen LogP contribution in [0.1, 0.15) is 35.2 Å². The van der Waals surface area contributed by atoms with Gasteiger partial charge in [-0.25, -0.2) is 0 Å². The molecule has 41 heavy (non-hydrogen) atoms. The maximum absolute atomic E-state index is 13.4. The van der Waals surface area contributed by atoms with Gasteiger partial charge in [0.25, 0.3) is 11.7 Å². The van der Waals surface area contributed by atoms with E-state index in [2.05, 4.69) is 11.0 Å². The number of likely N-dealkylation sites (tertiary alicyclic amines) is 1. The topological polar surface area (TPSA) is 88.5 Å². The van der Waals surface area contributed by atoms with Crippen LogP contribution in [0.15, 0.2) is 78.4 Å². The number of aliphatic hydroxyl groups excluding tert-OH is 1. The summed E-state index contributed by atoms with van der Waals surface area (Å²) >= 11 is 0. The predicted molar refractivity (Wildman–Crippen MR) is 156 cm³/mol. The minimum absolute atomic E-state index is 0.0783. The number of amides is 1. The van der Waals surface area contributed by atoms with Crippen molar-refractivity contribution in [3.63, 3.8) is 0 Å². The van der Waals surface area contributed by atoms with Gasteiger partial charge in [-0.05, 0) is 61.4 Å². The molecule has 2 saturated heterocycles. The number of carbonyl (C=O) groups is 2. The highest BCUT2D eigenvalue weighted by molar-refractivity contribution is 6.46. The highest BCUT2D eigenvalue weighted by Gasteiger charge is 2.46. The van der Waals surface area contributed by atoms with E-state index in [1.165, 1.54) is 0 Å². The van der Waals surface area contributed by atoms with Gasteiger partial charge in [-0.2, -0.15) is 0 Å². The lowest BCUT2D eigenvalue weighted by Gasteiger charge is -2.31. The molecule has 0 aromatic heterocycles. The number of Topliss-reactive ketones (excluding diaryl/α,β-unsaturated/α-hetero) is 1. The Hall–Kier alpha value is -4.14. The number of ether oxygens (including phenoxy) is 3. The number of morpholine rings is 1. The second-order valence-corrected chi connectivity index (χ2v) is 10.3. The molecule has 2 heterocycles. The molecule has 8 nitrogen and oxygen atoms in total. The van der Waals surface area contributed by atoms with E-state index in [1.54, 1.807) is 29.2 Å². The number of nitrogens with zero attached hydrogens (tertiary/aromatic N) is 2. The van der Waals surface area contributed by atoms with E-state index in [-0.39, 0.29) is 11.3 Å². The highest BCUT2D eigenvalue weighted by atomic mass is 16.5. The lowest BCUT2D eigenvalue weighted by Crippen LogP contribution is -2.42. The Bertz CT molecular complexity index is 1390. The van der Waals surface area contributed by atoms with E-state index >= 15 is 0 Å². The van der Waals surface area contributed by atoms with Crippen LogP contribution in [-0.2, 0) is 20.9 Å². The lowest BCUT2D eigenvalue weighted by atomic mass is 9.95. The fourth-order valence-corrected chi connectivity index (χ4v) is 5.28. The van der Waals surface area contributed by atoms with Crippen LogP contribution in [-0.4, -0.2) is 72.6 Å². The predicted octanol–water partition coefficient (Wildman–Crippen LogP) is 4.73. The molecule has 0 saturated carbocycles. The summed E-state index contributed by atoms with van der Waals surface area (Å²) in [6.07, 6.45) is 0. The lowest BCUT2D eigenvalue weighted by molar-refractivity contribution is -0.140. The molecule has 1 N–H and O–H groups in total. The van der Waals surface area contributed by atoms with Crippen LogP contribution in [0.5, 0.6) is 11.5 Å². The number of aryl methyl sites for hydroxylation is 1. The molecular formula is C33H36N2O6. The molecule has 0 aliphatic carbocycles. The average molecular weight is 557 g/mol. The highest BCUT2D eigenvalue weighted by Crippen LogP contribution is 2.40. The van der Waals surface area contributed by atoms with Crippen LogP contribution in [0, 0.1) is 6.92 Å². The van der Waals surface area contributed by atoms with Gasteiger partial charge in [-0.3, -0.25) is 14.5 Å². The van der Waals surface area contributed by atoms with Gasteiger partial charge >= 0.3 is 0 Å². The molecule has 2 aliphatic rings. The summed E-state index contributed by atoms with van der Waals surface area (Å²) < 4.78 is 17.0. The quantitative estimate of drug-likeness (QED) is 0.220. The Morgan fingerprint density at radius 2 is 1.61 bits per heavy atom. The molecule has 3 aromatic carbocycles. The second-order valence-electron chi connectivity index (χ2n) is 10.3. The van der Waals surface area contributed by atoms with Gasteiger partial charge in [0, 0.05) is 31.7 Å². The summed E-state index contributed by atoms with van der Waals surface area (Å²) in [6.45, 7) is 8.69. The third kappa shape index (κ3) is 6.61. The first-order chi connectivity index (χ1) is 19.9. The molecule has 8 heteroatoms. The SMILES string of the molecule is CCOc1ccc(C2/C(=C(\O)c3ccc(OCc4cccc(C)c4)cc3)C(=O)C(=O)N2CCN2CCOCC2)cc1. The smallest absolute Gasteiger partial charge is 0.295 e. The molecule has 0 spiro atoms. The van der Waals surface area contributed by atoms with Gasteiger partial charge in [-0.1, -0.05) is 42.0 Å². The second kappa shape index (κ2) is 13.0. The van der Waals surface area contributed by atoms with E-state index in [1.807, 2.05) is 56.3 Å².